The van der Waals surface area contributed by atoms with Crippen LogP contribution >= 0.6 is 11.8 Å². The predicted molar refractivity (Wildman–Crippen MR) is 64.7 cm³/mol. The van der Waals surface area contributed by atoms with Crippen LogP contribution in [0.5, 0.6) is 0 Å². The summed E-state index contributed by atoms with van der Waals surface area (Å²) in [6.45, 7) is 7.24. The van der Waals surface area contributed by atoms with Gasteiger partial charge < -0.3 is 4.42 Å². The van der Waals surface area contributed by atoms with Crippen LogP contribution in [0.15, 0.2) is 16.5 Å². The van der Waals surface area contributed by atoms with E-state index in [1.54, 1.807) is 11.8 Å². The normalized spacial score (nSPS) is 17.4. The van der Waals surface area contributed by atoms with Gasteiger partial charge in [0, 0.05) is 0 Å². The number of likely N-dealkylation sites (tertiary alicyclic amines) is 1. The standard InChI is InChI=1S/C12H18NOS/c1-2-15-10-12-6-5-11(14-12)9-13-7-3-4-8-13/h5-6H,1-4,7-10H2. The van der Waals surface area contributed by atoms with Gasteiger partial charge in [0.15, 0.2) is 0 Å². The first-order chi connectivity index (χ1) is 7.38. The summed E-state index contributed by atoms with van der Waals surface area (Å²) in [5, 5.41) is 0. The molecule has 0 N–H and O–H groups in total. The van der Waals surface area contributed by atoms with E-state index in [1.165, 1.54) is 25.9 Å². The van der Waals surface area contributed by atoms with Crippen molar-refractivity contribution < 1.29 is 4.42 Å². The number of rotatable bonds is 5. The minimum atomic E-state index is 0.905. The molecule has 0 unspecified atom stereocenters. The van der Waals surface area contributed by atoms with Crippen LogP contribution in [0.1, 0.15) is 24.4 Å². The topological polar surface area (TPSA) is 16.4 Å². The summed E-state index contributed by atoms with van der Waals surface area (Å²) in [5.41, 5.74) is 0. The molecule has 1 saturated heterocycles. The molecule has 0 aliphatic carbocycles. The summed E-state index contributed by atoms with van der Waals surface area (Å²) >= 11 is 1.80. The van der Waals surface area contributed by atoms with E-state index in [1.807, 2.05) is 0 Å². The van der Waals surface area contributed by atoms with Crippen LogP contribution in [0.2, 0.25) is 0 Å². The Morgan fingerprint density at radius 2 is 2.00 bits per heavy atom. The van der Waals surface area contributed by atoms with Gasteiger partial charge in [-0.3, -0.25) is 4.90 Å². The third kappa shape index (κ3) is 3.28. The number of hydrogen-bond donors (Lipinski definition) is 0. The van der Waals surface area contributed by atoms with E-state index in [0.717, 1.165) is 29.6 Å². The molecule has 2 nitrogen and oxygen atoms in total. The average Bonchev–Trinajstić information content (AvgIpc) is 2.87. The fourth-order valence-electron chi connectivity index (χ4n) is 1.92. The maximum absolute atomic E-state index is 5.76. The van der Waals surface area contributed by atoms with Crippen molar-refractivity contribution in [3.8, 4) is 0 Å². The summed E-state index contributed by atoms with van der Waals surface area (Å²) in [5.74, 6) is 4.04. The highest BCUT2D eigenvalue weighted by molar-refractivity contribution is 7.98. The Hall–Kier alpha value is -0.410. The summed E-state index contributed by atoms with van der Waals surface area (Å²) in [7, 11) is 0. The van der Waals surface area contributed by atoms with Gasteiger partial charge in [0.2, 0.25) is 0 Å². The fourth-order valence-corrected chi connectivity index (χ4v) is 2.42. The second-order valence-corrected chi connectivity index (χ2v) is 5.01. The van der Waals surface area contributed by atoms with Gasteiger partial charge in [-0.1, -0.05) is 0 Å². The van der Waals surface area contributed by atoms with Crippen molar-refractivity contribution >= 4 is 11.8 Å². The Labute approximate surface area is 96.0 Å². The van der Waals surface area contributed by atoms with Crippen LogP contribution in [0.4, 0.5) is 0 Å². The summed E-state index contributed by atoms with van der Waals surface area (Å²) in [6.07, 6.45) is 2.68. The van der Waals surface area contributed by atoms with E-state index < -0.39 is 0 Å². The number of thioether (sulfide) groups is 1. The Bertz CT molecular complexity index is 292. The zero-order valence-electron chi connectivity index (χ0n) is 9.08. The van der Waals surface area contributed by atoms with E-state index in [2.05, 4.69) is 24.0 Å². The predicted octanol–water partition coefficient (Wildman–Crippen LogP) is 2.94. The highest BCUT2D eigenvalue weighted by Crippen LogP contribution is 2.18. The van der Waals surface area contributed by atoms with Crippen molar-refractivity contribution in [2.24, 2.45) is 0 Å². The van der Waals surface area contributed by atoms with Gasteiger partial charge in [0.1, 0.15) is 11.5 Å². The maximum atomic E-state index is 5.76. The number of nitrogens with zero attached hydrogens (tertiary/aromatic N) is 1. The molecule has 0 bridgehead atoms. The molecule has 15 heavy (non-hydrogen) atoms. The first kappa shape index (κ1) is 11.1. The third-order valence-corrected chi connectivity index (χ3v) is 3.46. The molecule has 0 atom stereocenters. The van der Waals surface area contributed by atoms with Gasteiger partial charge >= 0.3 is 0 Å². The highest BCUT2D eigenvalue weighted by atomic mass is 32.2. The van der Waals surface area contributed by atoms with Crippen molar-refractivity contribution in [2.75, 3.05) is 18.8 Å². The zero-order chi connectivity index (χ0) is 10.5. The molecular formula is C12H18NOS. The van der Waals surface area contributed by atoms with Crippen molar-refractivity contribution in [2.45, 2.75) is 25.1 Å². The lowest BCUT2D eigenvalue weighted by atomic mass is 10.4. The van der Waals surface area contributed by atoms with E-state index in [-0.39, 0.29) is 0 Å². The molecule has 0 spiro atoms. The summed E-state index contributed by atoms with van der Waals surface area (Å²) in [4.78, 5) is 2.46. The van der Waals surface area contributed by atoms with Crippen molar-refractivity contribution in [1.82, 2.24) is 4.90 Å². The summed E-state index contributed by atoms with van der Waals surface area (Å²) in [6, 6.07) is 4.20. The minimum Gasteiger partial charge on any atom is -0.464 e. The SMILES string of the molecule is [CH2]CSCc1ccc(CN2CCCC2)o1. The van der Waals surface area contributed by atoms with Crippen LogP contribution < -0.4 is 0 Å². The van der Waals surface area contributed by atoms with Gasteiger partial charge in [0.25, 0.3) is 0 Å². The second kappa shape index (κ2) is 5.61. The lowest BCUT2D eigenvalue weighted by molar-refractivity contribution is 0.294. The average molecular weight is 224 g/mol. The molecule has 1 aliphatic rings. The van der Waals surface area contributed by atoms with Crippen LogP contribution in [-0.2, 0) is 12.3 Å². The van der Waals surface area contributed by atoms with E-state index >= 15 is 0 Å². The smallest absolute Gasteiger partial charge is 0.118 e. The molecule has 0 amide bonds. The largest absolute Gasteiger partial charge is 0.464 e. The first-order valence-corrected chi connectivity index (χ1v) is 6.71. The molecule has 0 saturated carbocycles. The van der Waals surface area contributed by atoms with E-state index in [0.29, 0.717) is 0 Å². The van der Waals surface area contributed by atoms with Crippen molar-refractivity contribution in [3.63, 3.8) is 0 Å². The third-order valence-electron chi connectivity index (χ3n) is 2.68. The second-order valence-electron chi connectivity index (χ2n) is 3.90. The fraction of sp³-hybridized carbons (Fsp3) is 0.583. The Morgan fingerprint density at radius 1 is 1.27 bits per heavy atom. The van der Waals surface area contributed by atoms with Gasteiger partial charge in [-0.05, 0) is 50.7 Å². The molecule has 1 aromatic heterocycles. The molecule has 3 heteroatoms. The molecule has 83 valence electrons. The highest BCUT2D eigenvalue weighted by Gasteiger charge is 2.13. The van der Waals surface area contributed by atoms with Gasteiger partial charge in [-0.25, -0.2) is 0 Å². The molecule has 1 radical (unpaired) electrons. The quantitative estimate of drug-likeness (QED) is 0.765. The van der Waals surface area contributed by atoms with Crippen LogP contribution in [0.3, 0.4) is 0 Å². The van der Waals surface area contributed by atoms with E-state index in [4.69, 9.17) is 4.42 Å². The van der Waals surface area contributed by atoms with Gasteiger partial charge in [-0.2, -0.15) is 11.8 Å². The Balaban J connectivity index is 1.83. The van der Waals surface area contributed by atoms with Crippen LogP contribution in [0, 0.1) is 6.92 Å². The van der Waals surface area contributed by atoms with Crippen molar-refractivity contribution in [1.29, 1.82) is 0 Å². The molecule has 0 aromatic carbocycles. The molecule has 2 heterocycles. The van der Waals surface area contributed by atoms with Crippen LogP contribution in [0.25, 0.3) is 0 Å². The molecule has 2 rings (SSSR count). The number of hydrogen-bond acceptors (Lipinski definition) is 3. The van der Waals surface area contributed by atoms with Crippen molar-refractivity contribution in [3.05, 3.63) is 30.6 Å². The molecule has 1 fully saturated rings. The van der Waals surface area contributed by atoms with Crippen LogP contribution in [-0.4, -0.2) is 23.7 Å². The monoisotopic (exact) mass is 224 g/mol. The number of furan rings is 1. The van der Waals surface area contributed by atoms with E-state index in [9.17, 15) is 0 Å². The molecule has 1 aliphatic heterocycles. The minimum absolute atomic E-state index is 0.905. The lowest BCUT2D eigenvalue weighted by Crippen LogP contribution is -2.17. The Morgan fingerprint density at radius 3 is 2.73 bits per heavy atom. The first-order valence-electron chi connectivity index (χ1n) is 5.55. The lowest BCUT2D eigenvalue weighted by Gasteiger charge is -2.11. The van der Waals surface area contributed by atoms with Gasteiger partial charge in [-0.15, -0.1) is 0 Å². The Kier molecular flexibility index (Phi) is 4.15. The zero-order valence-corrected chi connectivity index (χ0v) is 9.89. The molecule has 1 aromatic rings. The maximum Gasteiger partial charge on any atom is 0.118 e. The van der Waals surface area contributed by atoms with Gasteiger partial charge in [0.05, 0.1) is 12.3 Å². The summed E-state index contributed by atoms with van der Waals surface area (Å²) < 4.78 is 5.76. The molecular weight excluding hydrogens is 206 g/mol.